The van der Waals surface area contributed by atoms with E-state index in [9.17, 15) is 9.59 Å². The van der Waals surface area contributed by atoms with Crippen LogP contribution in [-0.4, -0.2) is 57.4 Å². The van der Waals surface area contributed by atoms with E-state index in [0.717, 1.165) is 5.82 Å². The van der Waals surface area contributed by atoms with Crippen molar-refractivity contribution < 1.29 is 19.4 Å². The second kappa shape index (κ2) is 6.57. The van der Waals surface area contributed by atoms with Gasteiger partial charge >= 0.3 is 12.0 Å². The monoisotopic (exact) mass is 296 g/mol. The Morgan fingerprint density at radius 3 is 2.90 bits per heavy atom. The quantitative estimate of drug-likeness (QED) is 0.808. The average molecular weight is 296 g/mol. The minimum Gasteiger partial charge on any atom is -0.479 e. The van der Waals surface area contributed by atoms with E-state index >= 15 is 0 Å². The third kappa shape index (κ3) is 3.94. The number of ether oxygens (including phenoxy) is 1. The molecule has 1 fully saturated rings. The van der Waals surface area contributed by atoms with Gasteiger partial charge in [-0.05, 0) is 12.8 Å². The van der Waals surface area contributed by atoms with Crippen molar-refractivity contribution in [2.24, 2.45) is 7.05 Å². The molecule has 1 aliphatic heterocycles. The zero-order valence-corrected chi connectivity index (χ0v) is 12.2. The molecule has 0 bridgehead atoms. The van der Waals surface area contributed by atoms with Crippen molar-refractivity contribution in [2.75, 3.05) is 13.6 Å². The number of rotatable bonds is 5. The number of nitrogens with one attached hydrogen (secondary N) is 1. The normalized spacial score (nSPS) is 21.2. The Balaban J connectivity index is 1.74. The fraction of sp³-hybridized carbons (Fsp3) is 0.615. The third-order valence-corrected chi connectivity index (χ3v) is 3.51. The molecule has 8 nitrogen and oxygen atoms in total. The van der Waals surface area contributed by atoms with Crippen LogP contribution in [0.4, 0.5) is 4.79 Å². The van der Waals surface area contributed by atoms with Crippen LogP contribution in [0.3, 0.4) is 0 Å². The Morgan fingerprint density at radius 2 is 2.33 bits per heavy atom. The molecule has 2 heterocycles. The molecule has 2 N–H and O–H groups in total. The summed E-state index contributed by atoms with van der Waals surface area (Å²) < 4.78 is 7.18. The summed E-state index contributed by atoms with van der Waals surface area (Å²) in [5.74, 6) is -0.161. The van der Waals surface area contributed by atoms with Gasteiger partial charge < -0.3 is 24.6 Å². The van der Waals surface area contributed by atoms with Crippen LogP contribution >= 0.6 is 0 Å². The van der Waals surface area contributed by atoms with Gasteiger partial charge in [-0.1, -0.05) is 0 Å². The summed E-state index contributed by atoms with van der Waals surface area (Å²) in [6, 6.07) is -0.236. The predicted molar refractivity (Wildman–Crippen MR) is 73.6 cm³/mol. The van der Waals surface area contributed by atoms with Gasteiger partial charge in [0.15, 0.2) is 6.10 Å². The lowest BCUT2D eigenvalue weighted by Gasteiger charge is -2.19. The van der Waals surface area contributed by atoms with Gasteiger partial charge in [0.2, 0.25) is 0 Å². The van der Waals surface area contributed by atoms with E-state index in [1.807, 2.05) is 17.8 Å². The van der Waals surface area contributed by atoms with Gasteiger partial charge in [0.25, 0.3) is 0 Å². The molecular weight excluding hydrogens is 276 g/mol. The fourth-order valence-corrected chi connectivity index (χ4v) is 2.21. The third-order valence-electron chi connectivity index (χ3n) is 3.51. The number of aromatic nitrogens is 2. The molecule has 0 spiro atoms. The lowest BCUT2D eigenvalue weighted by Crippen LogP contribution is -2.41. The predicted octanol–water partition coefficient (Wildman–Crippen LogP) is 0.194. The largest absolute Gasteiger partial charge is 0.479 e. The number of carbonyl (C=O) groups is 2. The highest BCUT2D eigenvalue weighted by Gasteiger charge is 2.30. The summed E-state index contributed by atoms with van der Waals surface area (Å²) in [6.07, 6.45) is 3.63. The first-order valence-electron chi connectivity index (χ1n) is 6.80. The van der Waals surface area contributed by atoms with Gasteiger partial charge in [-0.25, -0.2) is 14.6 Å². The Morgan fingerprint density at radius 1 is 1.57 bits per heavy atom. The summed E-state index contributed by atoms with van der Waals surface area (Å²) in [6.45, 7) is 0.714. The number of aliphatic carboxylic acids is 1. The van der Waals surface area contributed by atoms with Gasteiger partial charge in [-0.3, -0.25) is 0 Å². The van der Waals surface area contributed by atoms with Crippen LogP contribution in [0.2, 0.25) is 0 Å². The zero-order chi connectivity index (χ0) is 15.4. The highest BCUT2D eigenvalue weighted by atomic mass is 16.5. The fourth-order valence-electron chi connectivity index (χ4n) is 2.21. The van der Waals surface area contributed by atoms with Crippen molar-refractivity contribution in [3.63, 3.8) is 0 Å². The summed E-state index contributed by atoms with van der Waals surface area (Å²) in [4.78, 5) is 28.4. The molecule has 1 saturated heterocycles. The van der Waals surface area contributed by atoms with E-state index in [1.54, 1.807) is 13.2 Å². The molecule has 2 amide bonds. The van der Waals surface area contributed by atoms with Crippen molar-refractivity contribution in [3.05, 3.63) is 18.2 Å². The van der Waals surface area contributed by atoms with Gasteiger partial charge in [-0.15, -0.1) is 0 Å². The van der Waals surface area contributed by atoms with E-state index in [0.29, 0.717) is 25.9 Å². The Bertz CT molecular complexity index is 516. The molecule has 8 heteroatoms. The molecule has 0 saturated carbocycles. The minimum absolute atomic E-state index is 0.236. The first kappa shape index (κ1) is 15.3. The summed E-state index contributed by atoms with van der Waals surface area (Å²) in [5, 5.41) is 11.6. The Hall–Kier alpha value is -2.09. The number of aryl methyl sites for hydroxylation is 1. The van der Waals surface area contributed by atoms with Crippen LogP contribution in [-0.2, 0) is 23.1 Å². The summed E-state index contributed by atoms with van der Waals surface area (Å²) in [5.41, 5.74) is 0. The molecule has 2 atom stereocenters. The van der Waals surface area contributed by atoms with E-state index in [-0.39, 0.29) is 12.1 Å². The molecule has 1 aromatic rings. The lowest BCUT2D eigenvalue weighted by molar-refractivity contribution is -0.149. The highest BCUT2D eigenvalue weighted by Crippen LogP contribution is 2.19. The van der Waals surface area contributed by atoms with Gasteiger partial charge in [0.1, 0.15) is 5.82 Å². The molecule has 0 radical (unpaired) electrons. The van der Waals surface area contributed by atoms with Crippen molar-refractivity contribution >= 4 is 12.0 Å². The second-order valence-corrected chi connectivity index (χ2v) is 5.16. The minimum atomic E-state index is -0.948. The van der Waals surface area contributed by atoms with Crippen LogP contribution in [0.25, 0.3) is 0 Å². The van der Waals surface area contributed by atoms with E-state index in [2.05, 4.69) is 10.3 Å². The molecule has 0 aromatic carbocycles. The number of carboxylic acids is 1. The van der Waals surface area contributed by atoms with Crippen LogP contribution in [0, 0.1) is 0 Å². The van der Waals surface area contributed by atoms with Crippen LogP contribution in [0.15, 0.2) is 12.4 Å². The topological polar surface area (TPSA) is 96.7 Å². The number of amides is 2. The number of hydrogen-bond donors (Lipinski definition) is 2. The van der Waals surface area contributed by atoms with Crippen LogP contribution < -0.4 is 5.32 Å². The SMILES string of the molecule is CN(Cc1nccn1C)C(=O)NCC1CCC(C(=O)O)O1. The Kier molecular flexibility index (Phi) is 4.79. The number of urea groups is 1. The molecule has 2 rings (SSSR count). The van der Waals surface area contributed by atoms with Crippen LogP contribution in [0.1, 0.15) is 18.7 Å². The highest BCUT2D eigenvalue weighted by molar-refractivity contribution is 5.74. The number of carbonyl (C=O) groups excluding carboxylic acids is 1. The van der Waals surface area contributed by atoms with E-state index in [4.69, 9.17) is 9.84 Å². The van der Waals surface area contributed by atoms with Crippen LogP contribution in [0.5, 0.6) is 0 Å². The van der Waals surface area contributed by atoms with Crippen molar-refractivity contribution in [2.45, 2.75) is 31.6 Å². The number of carboxylic acid groups (broad SMARTS) is 1. The van der Waals surface area contributed by atoms with Crippen molar-refractivity contribution in [3.8, 4) is 0 Å². The maximum absolute atomic E-state index is 12.0. The van der Waals surface area contributed by atoms with Crippen molar-refractivity contribution in [1.82, 2.24) is 19.8 Å². The zero-order valence-electron chi connectivity index (χ0n) is 12.2. The summed E-state index contributed by atoms with van der Waals surface area (Å²) in [7, 11) is 3.55. The van der Waals surface area contributed by atoms with Gasteiger partial charge in [-0.2, -0.15) is 0 Å². The van der Waals surface area contributed by atoms with Crippen molar-refractivity contribution in [1.29, 1.82) is 0 Å². The number of hydrogen-bond acceptors (Lipinski definition) is 4. The number of imidazole rings is 1. The molecule has 1 aromatic heterocycles. The first-order valence-corrected chi connectivity index (χ1v) is 6.80. The molecular formula is C13H20N4O4. The first-order chi connectivity index (χ1) is 9.97. The van der Waals surface area contributed by atoms with E-state index in [1.165, 1.54) is 4.90 Å². The molecule has 0 aliphatic carbocycles. The maximum atomic E-state index is 12.0. The molecule has 116 valence electrons. The van der Waals surface area contributed by atoms with Gasteiger partial charge in [0, 0.05) is 33.0 Å². The standard InChI is InChI=1S/C13H20N4O4/c1-16-6-5-14-11(16)8-17(2)13(20)15-7-9-3-4-10(21-9)12(18)19/h5-6,9-10H,3-4,7-8H2,1-2H3,(H,15,20)(H,18,19). The van der Waals surface area contributed by atoms with E-state index < -0.39 is 12.1 Å². The van der Waals surface area contributed by atoms with Gasteiger partial charge in [0.05, 0.1) is 12.6 Å². The number of nitrogens with zero attached hydrogens (tertiary/aromatic N) is 3. The average Bonchev–Trinajstić information content (AvgIpc) is 3.06. The molecule has 21 heavy (non-hydrogen) atoms. The Labute approximate surface area is 122 Å². The lowest BCUT2D eigenvalue weighted by atomic mass is 10.2. The molecule has 1 aliphatic rings. The smallest absolute Gasteiger partial charge is 0.332 e. The maximum Gasteiger partial charge on any atom is 0.332 e. The second-order valence-electron chi connectivity index (χ2n) is 5.16. The molecule has 2 unspecified atom stereocenters. The summed E-state index contributed by atoms with van der Waals surface area (Å²) >= 11 is 0.